The maximum Gasteiger partial charge on any atom is 0.306 e. The highest BCUT2D eigenvalue weighted by molar-refractivity contribution is 5.70. The number of ether oxygens (including phenoxy) is 2. The molecule has 5 heteroatoms. The van der Waals surface area contributed by atoms with Crippen LogP contribution in [0.1, 0.15) is 264 Å². The minimum Gasteiger partial charge on any atom is -0.462 e. The van der Waals surface area contributed by atoms with Gasteiger partial charge < -0.3 is 14.6 Å². The van der Waals surface area contributed by atoms with Crippen molar-refractivity contribution in [2.75, 3.05) is 13.2 Å². The van der Waals surface area contributed by atoms with E-state index in [2.05, 4.69) is 26.0 Å². The first-order valence-electron chi connectivity index (χ1n) is 23.7. The molecule has 0 saturated carbocycles. The molecule has 0 aromatic rings. The zero-order chi connectivity index (χ0) is 38.6. The quantitative estimate of drug-likeness (QED) is 0.0381. The van der Waals surface area contributed by atoms with Gasteiger partial charge in [0.1, 0.15) is 6.61 Å². The number of unbranched alkanes of at least 4 members (excludes halogenated alkanes) is 34. The van der Waals surface area contributed by atoms with Crippen LogP contribution in [0.25, 0.3) is 0 Å². The first-order valence-corrected chi connectivity index (χ1v) is 23.7. The number of hydrogen-bond acceptors (Lipinski definition) is 5. The lowest BCUT2D eigenvalue weighted by molar-refractivity contribution is -0.161. The molecule has 0 aliphatic rings. The number of carbonyl (C=O) groups is 2. The predicted octanol–water partition coefficient (Wildman–Crippen LogP) is 15.2. The van der Waals surface area contributed by atoms with Crippen LogP contribution in [-0.4, -0.2) is 36.4 Å². The average Bonchev–Trinajstić information content (AvgIpc) is 3.16. The molecule has 0 aromatic heterocycles. The molecule has 0 heterocycles. The Morgan fingerprint density at radius 3 is 1.02 bits per heavy atom. The molecule has 0 bridgehead atoms. The summed E-state index contributed by atoms with van der Waals surface area (Å²) < 4.78 is 10.7. The largest absolute Gasteiger partial charge is 0.462 e. The predicted molar refractivity (Wildman–Crippen MR) is 228 cm³/mol. The Balaban J connectivity index is 3.45. The van der Waals surface area contributed by atoms with Crippen LogP contribution in [0.4, 0.5) is 0 Å². The summed E-state index contributed by atoms with van der Waals surface area (Å²) in [4.78, 5) is 24.4. The Hall–Kier alpha value is -1.36. The third-order valence-electron chi connectivity index (χ3n) is 10.8. The Kier molecular flexibility index (Phi) is 43.9. The second-order valence-corrected chi connectivity index (χ2v) is 16.2. The van der Waals surface area contributed by atoms with Crippen molar-refractivity contribution < 1.29 is 24.2 Å². The van der Waals surface area contributed by atoms with Gasteiger partial charge in [-0.15, -0.1) is 0 Å². The molecule has 1 N–H and O–H groups in total. The van der Waals surface area contributed by atoms with Crippen molar-refractivity contribution in [2.45, 2.75) is 270 Å². The van der Waals surface area contributed by atoms with Crippen molar-refractivity contribution in [3.8, 4) is 0 Å². The number of esters is 2. The van der Waals surface area contributed by atoms with Crippen LogP contribution in [0.15, 0.2) is 12.2 Å². The van der Waals surface area contributed by atoms with E-state index in [4.69, 9.17) is 9.47 Å². The lowest BCUT2D eigenvalue weighted by atomic mass is 10.0. The topological polar surface area (TPSA) is 72.8 Å². The van der Waals surface area contributed by atoms with Gasteiger partial charge in [0.2, 0.25) is 0 Å². The van der Waals surface area contributed by atoms with Gasteiger partial charge in [-0.3, -0.25) is 9.59 Å². The molecular formula is C48H92O5. The lowest BCUT2D eigenvalue weighted by Gasteiger charge is -2.15. The summed E-state index contributed by atoms with van der Waals surface area (Å²) in [5, 5.41) is 9.59. The Labute approximate surface area is 331 Å². The molecule has 0 spiro atoms. The monoisotopic (exact) mass is 749 g/mol. The van der Waals surface area contributed by atoms with Gasteiger partial charge in [0.05, 0.1) is 6.61 Å². The zero-order valence-corrected chi connectivity index (χ0v) is 35.8. The molecule has 0 amide bonds. The smallest absolute Gasteiger partial charge is 0.306 e. The maximum atomic E-state index is 12.2. The zero-order valence-electron chi connectivity index (χ0n) is 35.8. The van der Waals surface area contributed by atoms with E-state index in [1.165, 1.54) is 199 Å². The van der Waals surface area contributed by atoms with Crippen LogP contribution in [0.3, 0.4) is 0 Å². The van der Waals surface area contributed by atoms with E-state index in [0.29, 0.717) is 12.8 Å². The third kappa shape index (κ3) is 43.2. The molecule has 0 fully saturated rings. The van der Waals surface area contributed by atoms with Crippen molar-refractivity contribution in [3.05, 3.63) is 12.2 Å². The summed E-state index contributed by atoms with van der Waals surface area (Å²) in [6, 6.07) is 0. The van der Waals surface area contributed by atoms with E-state index >= 15 is 0 Å². The fourth-order valence-corrected chi connectivity index (χ4v) is 7.20. The summed E-state index contributed by atoms with van der Waals surface area (Å²) in [6.45, 7) is 4.17. The number of hydrogen-bond donors (Lipinski definition) is 1. The van der Waals surface area contributed by atoms with E-state index in [-0.39, 0.29) is 25.2 Å². The standard InChI is InChI=1S/C48H92O5/c1-3-5-7-9-11-13-15-17-19-21-22-23-24-25-26-27-29-30-32-34-36-38-40-42-47(50)52-45-46(44-49)53-48(51)43-41-39-37-35-33-31-28-20-18-16-14-12-10-8-6-4-2/h20,28,46,49H,3-19,21-27,29-45H2,1-2H3/b28-20-. The van der Waals surface area contributed by atoms with E-state index in [1.807, 2.05) is 0 Å². The van der Waals surface area contributed by atoms with Crippen LogP contribution < -0.4 is 0 Å². The number of aliphatic hydroxyl groups excluding tert-OH is 1. The highest BCUT2D eigenvalue weighted by atomic mass is 16.6. The molecule has 0 saturated heterocycles. The highest BCUT2D eigenvalue weighted by Crippen LogP contribution is 2.16. The van der Waals surface area contributed by atoms with Gasteiger partial charge in [0.25, 0.3) is 0 Å². The van der Waals surface area contributed by atoms with Gasteiger partial charge in [-0.2, -0.15) is 0 Å². The molecule has 53 heavy (non-hydrogen) atoms. The van der Waals surface area contributed by atoms with Crippen molar-refractivity contribution in [1.82, 2.24) is 0 Å². The van der Waals surface area contributed by atoms with Gasteiger partial charge in [-0.25, -0.2) is 0 Å². The van der Waals surface area contributed by atoms with Crippen molar-refractivity contribution in [1.29, 1.82) is 0 Å². The molecule has 1 unspecified atom stereocenters. The number of allylic oxidation sites excluding steroid dienone is 2. The molecule has 0 aliphatic heterocycles. The first kappa shape index (κ1) is 51.6. The Morgan fingerprint density at radius 1 is 0.415 bits per heavy atom. The molecule has 0 aliphatic carbocycles. The molecule has 1 atom stereocenters. The highest BCUT2D eigenvalue weighted by Gasteiger charge is 2.16. The summed E-state index contributed by atoms with van der Waals surface area (Å²) in [6.07, 6.45) is 53.0. The average molecular weight is 749 g/mol. The number of rotatable bonds is 44. The van der Waals surface area contributed by atoms with E-state index in [9.17, 15) is 14.7 Å². The lowest BCUT2D eigenvalue weighted by Crippen LogP contribution is -2.28. The fourth-order valence-electron chi connectivity index (χ4n) is 7.20. The van der Waals surface area contributed by atoms with E-state index in [0.717, 1.165) is 38.5 Å². The first-order chi connectivity index (χ1) is 26.1. The summed E-state index contributed by atoms with van der Waals surface area (Å²) in [5.41, 5.74) is 0. The summed E-state index contributed by atoms with van der Waals surface area (Å²) in [5.74, 6) is -0.584. The molecule has 314 valence electrons. The second kappa shape index (κ2) is 45.0. The van der Waals surface area contributed by atoms with E-state index in [1.54, 1.807) is 0 Å². The minimum absolute atomic E-state index is 0.0626. The van der Waals surface area contributed by atoms with Crippen LogP contribution in [0.2, 0.25) is 0 Å². The van der Waals surface area contributed by atoms with Gasteiger partial charge >= 0.3 is 11.9 Å². The van der Waals surface area contributed by atoms with Crippen molar-refractivity contribution in [3.63, 3.8) is 0 Å². The fraction of sp³-hybridized carbons (Fsp3) is 0.917. The Morgan fingerprint density at radius 2 is 0.698 bits per heavy atom. The summed E-state index contributed by atoms with van der Waals surface area (Å²) >= 11 is 0. The number of aliphatic hydroxyl groups is 1. The maximum absolute atomic E-state index is 12.2. The van der Waals surface area contributed by atoms with Gasteiger partial charge in [-0.05, 0) is 38.5 Å². The van der Waals surface area contributed by atoms with Gasteiger partial charge in [0, 0.05) is 12.8 Å². The Bertz CT molecular complexity index is 765. The van der Waals surface area contributed by atoms with E-state index < -0.39 is 6.10 Å². The van der Waals surface area contributed by atoms with Crippen LogP contribution in [0.5, 0.6) is 0 Å². The van der Waals surface area contributed by atoms with Crippen LogP contribution in [0, 0.1) is 0 Å². The molecule has 0 radical (unpaired) electrons. The van der Waals surface area contributed by atoms with Gasteiger partial charge in [0.15, 0.2) is 6.10 Å². The molecule has 0 aromatic carbocycles. The summed E-state index contributed by atoms with van der Waals surface area (Å²) in [7, 11) is 0. The van der Waals surface area contributed by atoms with Crippen molar-refractivity contribution >= 4 is 11.9 Å². The molecular weight excluding hydrogens is 657 g/mol. The third-order valence-corrected chi connectivity index (χ3v) is 10.8. The van der Waals surface area contributed by atoms with Crippen molar-refractivity contribution in [2.24, 2.45) is 0 Å². The number of carbonyl (C=O) groups excluding carboxylic acids is 2. The SMILES string of the molecule is CCCCCCCCC/C=C\CCCCCCCC(=O)OC(CO)COC(=O)CCCCCCCCCCCCCCCCCCCCCCCCC. The minimum atomic E-state index is -0.770. The molecule has 0 rings (SSSR count). The van der Waals surface area contributed by atoms with Crippen LogP contribution >= 0.6 is 0 Å². The van der Waals surface area contributed by atoms with Crippen LogP contribution in [-0.2, 0) is 19.1 Å². The molecule has 5 nitrogen and oxygen atoms in total. The second-order valence-electron chi connectivity index (χ2n) is 16.2. The van der Waals surface area contributed by atoms with Gasteiger partial charge in [-0.1, -0.05) is 225 Å². The normalized spacial score (nSPS) is 12.1.